The molecule has 190 valence electrons. The summed E-state index contributed by atoms with van der Waals surface area (Å²) in [6.07, 6.45) is 4.38. The molecule has 0 saturated carbocycles. The molecule has 1 N–H and O–H groups in total. The molecule has 0 spiro atoms. The number of para-hydroxylation sites is 2. The van der Waals surface area contributed by atoms with Crippen molar-refractivity contribution in [3.05, 3.63) is 112 Å². The van der Waals surface area contributed by atoms with Crippen LogP contribution in [0.2, 0.25) is 0 Å². The summed E-state index contributed by atoms with van der Waals surface area (Å²) in [6, 6.07) is 21.3. The maximum atomic E-state index is 12.4. The van der Waals surface area contributed by atoms with E-state index < -0.39 is 5.63 Å². The van der Waals surface area contributed by atoms with Crippen molar-refractivity contribution in [2.45, 2.75) is 6.92 Å². The largest absolute Gasteiger partial charge is 0.506 e. The molecule has 9 nitrogen and oxygen atoms in total. The van der Waals surface area contributed by atoms with E-state index in [2.05, 4.69) is 10.2 Å². The number of nitrogens with zero attached hydrogens (tertiary/aromatic N) is 4. The lowest BCUT2D eigenvalue weighted by Gasteiger charge is -2.12. The fraction of sp³-hybridized carbons (Fsp3) is 0.0333. The maximum absolute atomic E-state index is 12.4. The van der Waals surface area contributed by atoms with E-state index in [0.717, 1.165) is 5.69 Å². The van der Waals surface area contributed by atoms with Crippen LogP contribution in [-0.4, -0.2) is 37.2 Å². The second-order valence-electron chi connectivity index (χ2n) is 8.93. The number of aryl methyl sites for hydroxylation is 1. The van der Waals surface area contributed by atoms with Crippen LogP contribution in [0, 0.1) is 6.92 Å². The van der Waals surface area contributed by atoms with Crippen molar-refractivity contribution in [1.82, 2.24) is 19.6 Å². The van der Waals surface area contributed by atoms with Gasteiger partial charge < -0.3 is 9.52 Å². The van der Waals surface area contributed by atoms with Crippen molar-refractivity contribution in [3.8, 4) is 39.6 Å². The van der Waals surface area contributed by atoms with Crippen molar-refractivity contribution in [3.63, 3.8) is 0 Å². The van der Waals surface area contributed by atoms with E-state index in [1.54, 1.807) is 23.9 Å². The monoisotopic (exact) mass is 516 g/mol. The Balaban J connectivity index is 1.67. The van der Waals surface area contributed by atoms with Crippen molar-refractivity contribution in [2.24, 2.45) is 0 Å². The van der Waals surface area contributed by atoms with Crippen LogP contribution in [0.15, 0.2) is 94.4 Å². The van der Waals surface area contributed by atoms with Gasteiger partial charge in [0.05, 0.1) is 28.1 Å². The Hall–Kier alpha value is -5.57. The predicted octanol–water partition coefficient (Wildman–Crippen LogP) is 5.14. The first-order valence-corrected chi connectivity index (χ1v) is 12.0. The smallest absolute Gasteiger partial charge is 0.336 e. The van der Waals surface area contributed by atoms with Gasteiger partial charge in [-0.1, -0.05) is 36.4 Å². The second-order valence-corrected chi connectivity index (χ2v) is 8.93. The highest BCUT2D eigenvalue weighted by Gasteiger charge is 2.26. The fourth-order valence-corrected chi connectivity index (χ4v) is 4.62. The number of benzene rings is 3. The molecule has 6 rings (SSSR count). The molecule has 0 amide bonds. The number of aldehydes is 2. The number of carbonyl (C=O) groups is 2. The summed E-state index contributed by atoms with van der Waals surface area (Å²) >= 11 is 0. The molecule has 9 heteroatoms. The van der Waals surface area contributed by atoms with E-state index >= 15 is 0 Å². The van der Waals surface area contributed by atoms with Gasteiger partial charge in [0.25, 0.3) is 0 Å². The zero-order valence-corrected chi connectivity index (χ0v) is 20.6. The molecule has 0 unspecified atom stereocenters. The lowest BCUT2D eigenvalue weighted by molar-refractivity contribution is 0.111. The average Bonchev–Trinajstić information content (AvgIpc) is 3.58. The number of fused-ring (bicyclic) bond motifs is 1. The van der Waals surface area contributed by atoms with Crippen LogP contribution in [0.4, 0.5) is 0 Å². The van der Waals surface area contributed by atoms with Crippen LogP contribution in [-0.2, 0) is 0 Å². The molecule has 0 bridgehead atoms. The van der Waals surface area contributed by atoms with Crippen LogP contribution in [0.25, 0.3) is 44.9 Å². The predicted molar refractivity (Wildman–Crippen MR) is 145 cm³/mol. The van der Waals surface area contributed by atoms with Gasteiger partial charge >= 0.3 is 5.63 Å². The van der Waals surface area contributed by atoms with E-state index in [4.69, 9.17) is 4.42 Å². The highest BCUT2D eigenvalue weighted by Crippen LogP contribution is 2.44. The third-order valence-corrected chi connectivity index (χ3v) is 6.49. The zero-order valence-electron chi connectivity index (χ0n) is 20.6. The van der Waals surface area contributed by atoms with Crippen LogP contribution in [0.5, 0.6) is 5.75 Å². The van der Waals surface area contributed by atoms with Crippen molar-refractivity contribution in [2.75, 3.05) is 0 Å². The van der Waals surface area contributed by atoms with Gasteiger partial charge in [-0.05, 0) is 42.8 Å². The van der Waals surface area contributed by atoms with Gasteiger partial charge in [-0.15, -0.1) is 0 Å². The Morgan fingerprint density at radius 2 is 1.33 bits per heavy atom. The highest BCUT2D eigenvalue weighted by molar-refractivity contribution is 6.05. The number of rotatable bonds is 6. The normalized spacial score (nSPS) is 11.1. The fourth-order valence-electron chi connectivity index (χ4n) is 4.62. The molecule has 0 radical (unpaired) electrons. The lowest BCUT2D eigenvalue weighted by atomic mass is 9.95. The third-order valence-electron chi connectivity index (χ3n) is 6.49. The first kappa shape index (κ1) is 23.8. The number of hydrogen-bond acceptors (Lipinski definition) is 7. The summed E-state index contributed by atoms with van der Waals surface area (Å²) in [5.41, 5.74) is 2.44. The number of aromatic nitrogens is 4. The number of hydrogen-bond donors (Lipinski definition) is 1. The van der Waals surface area contributed by atoms with E-state index in [9.17, 15) is 19.5 Å². The lowest BCUT2D eigenvalue weighted by Crippen LogP contribution is -2.01. The number of phenols is 1. The Morgan fingerprint density at radius 3 is 1.90 bits per heavy atom. The molecule has 3 heterocycles. The van der Waals surface area contributed by atoms with Gasteiger partial charge in [0, 0.05) is 29.4 Å². The summed E-state index contributed by atoms with van der Waals surface area (Å²) in [5.74, 6) is -0.334. The topological polar surface area (TPSA) is 120 Å². The Kier molecular flexibility index (Phi) is 5.73. The van der Waals surface area contributed by atoms with E-state index in [0.29, 0.717) is 29.2 Å². The molecule has 0 fully saturated rings. The summed E-state index contributed by atoms with van der Waals surface area (Å²) in [6.45, 7) is 1.73. The molecule has 39 heavy (non-hydrogen) atoms. The van der Waals surface area contributed by atoms with Gasteiger partial charge in [0.1, 0.15) is 17.1 Å². The van der Waals surface area contributed by atoms with Crippen molar-refractivity contribution in [1.29, 1.82) is 0 Å². The van der Waals surface area contributed by atoms with Crippen LogP contribution in [0.1, 0.15) is 26.3 Å². The molecular formula is C30H20N4O5. The van der Waals surface area contributed by atoms with E-state index in [1.165, 1.54) is 16.9 Å². The summed E-state index contributed by atoms with van der Waals surface area (Å²) in [4.78, 5) is 36.6. The van der Waals surface area contributed by atoms with Crippen molar-refractivity contribution < 1.29 is 19.1 Å². The SMILES string of the molecule is Cc1cc(=O)oc2c(-c3nn(-c4ccccc4)cc3C=O)c(O)c(-c3nn(-c4ccccc4)cc3C=O)cc12. The summed E-state index contributed by atoms with van der Waals surface area (Å²) in [7, 11) is 0. The summed E-state index contributed by atoms with van der Waals surface area (Å²) < 4.78 is 8.62. The van der Waals surface area contributed by atoms with Crippen molar-refractivity contribution >= 4 is 23.5 Å². The molecule has 6 aromatic rings. The quantitative estimate of drug-likeness (QED) is 0.240. The maximum Gasteiger partial charge on any atom is 0.336 e. The molecule has 0 saturated heterocycles. The van der Waals surface area contributed by atoms with Gasteiger partial charge in [-0.25, -0.2) is 14.2 Å². The van der Waals surface area contributed by atoms with Gasteiger partial charge in [0.15, 0.2) is 18.2 Å². The molecular weight excluding hydrogens is 496 g/mol. The minimum absolute atomic E-state index is 0.0474. The molecule has 3 aromatic carbocycles. The first-order chi connectivity index (χ1) is 19.0. The highest BCUT2D eigenvalue weighted by atomic mass is 16.4. The standard InChI is InChI=1S/C30H20N4O5/c1-18-12-25(37)39-30-23(18)13-24(27-19(16-35)14-33(31-27)21-8-4-2-5-9-21)29(38)26(30)28-20(17-36)15-34(32-28)22-10-6-3-7-11-22/h2-17,38H,1H3. The van der Waals surface area contributed by atoms with Crippen LogP contribution < -0.4 is 5.63 Å². The zero-order chi connectivity index (χ0) is 27.1. The minimum Gasteiger partial charge on any atom is -0.506 e. The molecule has 0 aliphatic heterocycles. The second kappa shape index (κ2) is 9.38. The van der Waals surface area contributed by atoms with E-state index in [1.807, 2.05) is 60.7 Å². The number of carbonyl (C=O) groups excluding carboxylic acids is 2. The molecule has 3 aromatic heterocycles. The first-order valence-electron chi connectivity index (χ1n) is 12.0. The Bertz CT molecular complexity index is 1940. The Morgan fingerprint density at radius 1 is 0.795 bits per heavy atom. The molecule has 0 aliphatic rings. The van der Waals surface area contributed by atoms with Gasteiger partial charge in [-0.2, -0.15) is 10.2 Å². The molecule has 0 atom stereocenters. The van der Waals surface area contributed by atoms with E-state index in [-0.39, 0.29) is 45.0 Å². The van der Waals surface area contributed by atoms with Crippen LogP contribution in [0.3, 0.4) is 0 Å². The van der Waals surface area contributed by atoms with Gasteiger partial charge in [-0.3, -0.25) is 9.59 Å². The van der Waals surface area contributed by atoms with Crippen LogP contribution >= 0.6 is 0 Å². The third kappa shape index (κ3) is 4.02. The number of aromatic hydroxyl groups is 1. The number of phenolic OH excluding ortho intramolecular Hbond substituents is 1. The Labute approximate surface area is 221 Å². The van der Waals surface area contributed by atoms with Gasteiger partial charge in [0.2, 0.25) is 0 Å². The average molecular weight is 517 g/mol. The molecule has 0 aliphatic carbocycles. The minimum atomic E-state index is -0.620. The summed E-state index contributed by atoms with van der Waals surface area (Å²) in [5, 5.41) is 21.4.